The fourth-order valence-electron chi connectivity index (χ4n) is 4.24. The van der Waals surface area contributed by atoms with Gasteiger partial charge in [-0.1, -0.05) is 26.0 Å². The maximum Gasteiger partial charge on any atom is 0.229 e. The summed E-state index contributed by atoms with van der Waals surface area (Å²) in [6.45, 7) is 6.16. The Hall–Kier alpha value is -3.39. The highest BCUT2D eigenvalue weighted by Gasteiger charge is 2.17. The normalized spacial score (nSPS) is 15.1. The first-order valence-electron chi connectivity index (χ1n) is 11.3. The molecule has 8 heteroatoms. The summed E-state index contributed by atoms with van der Waals surface area (Å²) < 4.78 is 14.7. The molecule has 0 aliphatic carbocycles. The maximum absolute atomic E-state index is 14.7. The van der Waals surface area contributed by atoms with Gasteiger partial charge in [0.2, 0.25) is 5.95 Å². The molecule has 0 amide bonds. The number of rotatable bonds is 6. The van der Waals surface area contributed by atoms with E-state index in [4.69, 9.17) is 5.73 Å². The second-order valence-electron chi connectivity index (χ2n) is 8.58. The summed E-state index contributed by atoms with van der Waals surface area (Å²) in [5, 5.41) is 6.47. The van der Waals surface area contributed by atoms with Gasteiger partial charge < -0.3 is 16.4 Å². The minimum Gasteiger partial charge on any atom is -0.398 e. The van der Waals surface area contributed by atoms with Crippen molar-refractivity contribution < 1.29 is 4.39 Å². The third kappa shape index (κ3) is 5.17. The molecule has 0 saturated carbocycles. The molecule has 1 aliphatic heterocycles. The zero-order chi connectivity index (χ0) is 23.4. The average Bonchev–Trinajstić information content (AvgIpc) is 2.83. The molecule has 0 radical (unpaired) electrons. The number of piperidine rings is 1. The van der Waals surface area contributed by atoms with Crippen molar-refractivity contribution in [2.45, 2.75) is 32.6 Å². The molecule has 0 spiro atoms. The maximum atomic E-state index is 14.7. The number of pyridine rings is 1. The average molecular weight is 448 g/mol. The van der Waals surface area contributed by atoms with Crippen LogP contribution >= 0.6 is 0 Å². The first-order chi connectivity index (χ1) is 16.0. The largest absolute Gasteiger partial charge is 0.398 e. The second kappa shape index (κ2) is 10.0. The number of nitrogen functional groups attached to an aromatic ring is 1. The molecule has 4 rings (SSSR count). The Labute approximate surface area is 193 Å². The number of aromatic nitrogens is 3. The standard InChI is InChI=1S/C25H30FN7/c1-15(2)23(28-3)19-12-17(4-6-21(19)27)24-20(26)14-31-25(33-24)32-22-7-5-18(13-30-22)16-8-10-29-11-9-16/h4-7,12-16,29H,8-11,27H2,1-3H3,(H,30,31,32,33). The van der Waals surface area contributed by atoms with Crippen molar-refractivity contribution in [1.29, 1.82) is 0 Å². The summed E-state index contributed by atoms with van der Waals surface area (Å²) >= 11 is 0. The van der Waals surface area contributed by atoms with Gasteiger partial charge in [-0.15, -0.1) is 0 Å². The van der Waals surface area contributed by atoms with Crippen LogP contribution in [0.5, 0.6) is 0 Å². The fourth-order valence-corrected chi connectivity index (χ4v) is 4.24. The smallest absolute Gasteiger partial charge is 0.229 e. The number of anilines is 3. The van der Waals surface area contributed by atoms with Crippen LogP contribution < -0.4 is 16.4 Å². The Balaban J connectivity index is 1.58. The van der Waals surface area contributed by atoms with Gasteiger partial charge in [0.15, 0.2) is 5.82 Å². The minimum atomic E-state index is -0.509. The first kappa shape index (κ1) is 22.8. The predicted molar refractivity (Wildman–Crippen MR) is 132 cm³/mol. The van der Waals surface area contributed by atoms with Gasteiger partial charge >= 0.3 is 0 Å². The minimum absolute atomic E-state index is 0.180. The van der Waals surface area contributed by atoms with E-state index in [0.29, 0.717) is 23.0 Å². The number of hydrogen-bond donors (Lipinski definition) is 3. The van der Waals surface area contributed by atoms with E-state index in [1.165, 1.54) is 11.8 Å². The molecule has 0 atom stereocenters. The molecule has 1 saturated heterocycles. The van der Waals surface area contributed by atoms with Crippen LogP contribution in [0.2, 0.25) is 0 Å². The number of nitrogens with zero attached hydrogens (tertiary/aromatic N) is 4. The molecular formula is C25H30FN7. The van der Waals surface area contributed by atoms with Crippen LogP contribution in [0.1, 0.15) is 43.7 Å². The molecular weight excluding hydrogens is 417 g/mol. The molecule has 172 valence electrons. The van der Waals surface area contributed by atoms with Gasteiger partial charge in [0.25, 0.3) is 0 Å². The number of nitrogens with two attached hydrogens (primary N) is 1. The van der Waals surface area contributed by atoms with Crippen molar-refractivity contribution in [2.75, 3.05) is 31.2 Å². The Morgan fingerprint density at radius 1 is 1.15 bits per heavy atom. The zero-order valence-electron chi connectivity index (χ0n) is 19.3. The summed E-state index contributed by atoms with van der Waals surface area (Å²) in [7, 11) is 1.73. The van der Waals surface area contributed by atoms with E-state index in [0.717, 1.165) is 37.2 Å². The van der Waals surface area contributed by atoms with E-state index in [1.807, 2.05) is 32.2 Å². The fraction of sp³-hybridized carbons (Fsp3) is 0.360. The van der Waals surface area contributed by atoms with Gasteiger partial charge in [0, 0.05) is 35.8 Å². The quantitative estimate of drug-likeness (QED) is 0.379. The van der Waals surface area contributed by atoms with Crippen LogP contribution in [0.3, 0.4) is 0 Å². The van der Waals surface area contributed by atoms with Crippen LogP contribution in [0, 0.1) is 11.7 Å². The van der Waals surface area contributed by atoms with Crippen LogP contribution in [0.15, 0.2) is 47.7 Å². The molecule has 1 aromatic carbocycles. The predicted octanol–water partition coefficient (Wildman–Crippen LogP) is 4.55. The lowest BCUT2D eigenvalue weighted by atomic mass is 9.91. The second-order valence-corrected chi connectivity index (χ2v) is 8.58. The topological polar surface area (TPSA) is 101 Å². The molecule has 0 unspecified atom stereocenters. The van der Waals surface area contributed by atoms with Gasteiger partial charge in [0.1, 0.15) is 11.5 Å². The Bertz CT molecular complexity index is 1140. The molecule has 7 nitrogen and oxygen atoms in total. The van der Waals surface area contributed by atoms with E-state index in [-0.39, 0.29) is 17.6 Å². The zero-order valence-corrected chi connectivity index (χ0v) is 19.3. The van der Waals surface area contributed by atoms with E-state index in [1.54, 1.807) is 19.2 Å². The van der Waals surface area contributed by atoms with Crippen LogP contribution in [-0.2, 0) is 0 Å². The molecule has 1 fully saturated rings. The van der Waals surface area contributed by atoms with Crippen molar-refractivity contribution in [3.63, 3.8) is 0 Å². The number of halogens is 1. The Kier molecular flexibility index (Phi) is 6.93. The summed E-state index contributed by atoms with van der Waals surface area (Å²) in [5.41, 5.74) is 10.5. The highest BCUT2D eigenvalue weighted by Crippen LogP contribution is 2.28. The lowest BCUT2D eigenvalue weighted by Crippen LogP contribution is -2.26. The van der Waals surface area contributed by atoms with Crippen molar-refractivity contribution in [1.82, 2.24) is 20.3 Å². The van der Waals surface area contributed by atoms with Gasteiger partial charge in [-0.2, -0.15) is 0 Å². The number of benzene rings is 1. The highest BCUT2D eigenvalue weighted by molar-refractivity contribution is 6.06. The summed E-state index contributed by atoms with van der Waals surface area (Å²) in [4.78, 5) is 17.4. The molecule has 1 aliphatic rings. The molecule has 4 N–H and O–H groups in total. The van der Waals surface area contributed by atoms with Crippen LogP contribution in [-0.4, -0.2) is 40.8 Å². The first-order valence-corrected chi connectivity index (χ1v) is 11.3. The van der Waals surface area contributed by atoms with Crippen molar-refractivity contribution >= 4 is 23.2 Å². The number of aliphatic imine (C=N–C) groups is 1. The summed E-state index contributed by atoms with van der Waals surface area (Å²) in [6.07, 6.45) is 5.29. The Morgan fingerprint density at radius 3 is 2.61 bits per heavy atom. The Morgan fingerprint density at radius 2 is 1.94 bits per heavy atom. The van der Waals surface area contributed by atoms with E-state index in [9.17, 15) is 4.39 Å². The lowest BCUT2D eigenvalue weighted by Gasteiger charge is -2.22. The SMILES string of the molecule is CN=C(c1cc(-c2nc(Nc3ccc(C4CCNCC4)cn3)ncc2F)ccc1N)C(C)C. The van der Waals surface area contributed by atoms with Crippen LogP contribution in [0.25, 0.3) is 11.3 Å². The molecule has 0 bridgehead atoms. The van der Waals surface area contributed by atoms with Gasteiger partial charge in [-0.05, 0) is 61.5 Å². The molecule has 3 aromatic rings. The van der Waals surface area contributed by atoms with Gasteiger partial charge in [-0.25, -0.2) is 19.3 Å². The third-order valence-corrected chi connectivity index (χ3v) is 5.97. The van der Waals surface area contributed by atoms with E-state index < -0.39 is 5.82 Å². The molecule has 2 aromatic heterocycles. The monoisotopic (exact) mass is 447 g/mol. The van der Waals surface area contributed by atoms with E-state index >= 15 is 0 Å². The number of hydrogen-bond acceptors (Lipinski definition) is 7. The highest BCUT2D eigenvalue weighted by atomic mass is 19.1. The molecule has 3 heterocycles. The van der Waals surface area contributed by atoms with E-state index in [2.05, 4.69) is 36.6 Å². The number of nitrogens with one attached hydrogen (secondary N) is 2. The van der Waals surface area contributed by atoms with Crippen LogP contribution in [0.4, 0.5) is 21.8 Å². The lowest BCUT2D eigenvalue weighted by molar-refractivity contribution is 0.459. The van der Waals surface area contributed by atoms with Crippen molar-refractivity contribution in [3.05, 3.63) is 59.7 Å². The summed E-state index contributed by atoms with van der Waals surface area (Å²) in [5.74, 6) is 1.09. The van der Waals surface area contributed by atoms with Gasteiger partial charge in [0.05, 0.1) is 6.20 Å². The van der Waals surface area contributed by atoms with Crippen molar-refractivity contribution in [2.24, 2.45) is 10.9 Å². The van der Waals surface area contributed by atoms with Gasteiger partial charge in [-0.3, -0.25) is 4.99 Å². The molecule has 33 heavy (non-hydrogen) atoms. The van der Waals surface area contributed by atoms with Crippen molar-refractivity contribution in [3.8, 4) is 11.3 Å². The summed E-state index contributed by atoms with van der Waals surface area (Å²) in [6, 6.07) is 9.35. The third-order valence-electron chi connectivity index (χ3n) is 5.97.